The highest BCUT2D eigenvalue weighted by molar-refractivity contribution is 7.10. The van der Waals surface area contributed by atoms with Crippen LogP contribution in [0.15, 0.2) is 35.7 Å². The minimum atomic E-state index is 0.0795. The number of benzene rings is 1. The van der Waals surface area contributed by atoms with Crippen molar-refractivity contribution in [3.05, 3.63) is 51.7 Å². The van der Waals surface area contributed by atoms with Gasteiger partial charge in [-0.15, -0.1) is 11.3 Å². The predicted octanol–water partition coefficient (Wildman–Crippen LogP) is 3.50. The maximum absolute atomic E-state index is 6.22. The Morgan fingerprint density at radius 2 is 1.89 bits per heavy atom. The Hall–Kier alpha value is -1.32. The molecule has 1 aromatic heterocycles. The van der Waals surface area contributed by atoms with Crippen LogP contribution < -0.4 is 10.6 Å². The van der Waals surface area contributed by atoms with E-state index in [0.29, 0.717) is 0 Å². The minimum Gasteiger partial charge on any atom is -0.373 e. The molecule has 0 aliphatic heterocycles. The molecule has 0 saturated carbocycles. The number of rotatable bonds is 4. The van der Waals surface area contributed by atoms with Crippen LogP contribution in [0, 0.1) is 13.8 Å². The smallest absolute Gasteiger partial charge is 0.0567 e. The summed E-state index contributed by atoms with van der Waals surface area (Å²) in [5.74, 6) is 0. The number of hydrogen-bond donors (Lipinski definition) is 1. The largest absolute Gasteiger partial charge is 0.373 e. The maximum atomic E-state index is 6.22. The van der Waals surface area contributed by atoms with Gasteiger partial charge in [0.1, 0.15) is 0 Å². The second kappa shape index (κ2) is 5.55. The molecule has 1 atom stereocenters. The van der Waals surface area contributed by atoms with Crippen molar-refractivity contribution in [3.8, 4) is 0 Å². The number of thiophene rings is 1. The van der Waals surface area contributed by atoms with Crippen LogP contribution in [0.1, 0.15) is 22.0 Å². The van der Waals surface area contributed by atoms with Gasteiger partial charge in [-0.2, -0.15) is 0 Å². The Morgan fingerprint density at radius 1 is 1.22 bits per heavy atom. The van der Waals surface area contributed by atoms with Gasteiger partial charge in [-0.25, -0.2) is 0 Å². The van der Waals surface area contributed by atoms with Crippen molar-refractivity contribution in [1.29, 1.82) is 0 Å². The highest BCUT2D eigenvalue weighted by atomic mass is 32.1. The lowest BCUT2D eigenvalue weighted by Gasteiger charge is -2.23. The van der Waals surface area contributed by atoms with E-state index >= 15 is 0 Å². The molecule has 1 heterocycles. The molecule has 0 bridgehead atoms. The monoisotopic (exact) mass is 260 g/mol. The number of hydrogen-bond acceptors (Lipinski definition) is 3. The van der Waals surface area contributed by atoms with Gasteiger partial charge in [-0.3, -0.25) is 0 Å². The first kappa shape index (κ1) is 13.1. The van der Waals surface area contributed by atoms with Crippen LogP contribution >= 0.6 is 11.3 Å². The van der Waals surface area contributed by atoms with Gasteiger partial charge in [0.05, 0.1) is 6.04 Å². The summed E-state index contributed by atoms with van der Waals surface area (Å²) in [7, 11) is 2.10. The molecule has 0 spiro atoms. The molecule has 0 fully saturated rings. The van der Waals surface area contributed by atoms with Gasteiger partial charge in [0.25, 0.3) is 0 Å². The third-order valence-corrected chi connectivity index (χ3v) is 4.03. The van der Waals surface area contributed by atoms with Crippen LogP contribution in [-0.2, 0) is 0 Å². The molecule has 0 aliphatic carbocycles. The molecular formula is C15H20N2S. The van der Waals surface area contributed by atoms with E-state index in [-0.39, 0.29) is 6.04 Å². The first-order valence-corrected chi connectivity index (χ1v) is 7.02. The van der Waals surface area contributed by atoms with Gasteiger partial charge in [0.2, 0.25) is 0 Å². The highest BCUT2D eigenvalue weighted by Crippen LogP contribution is 2.22. The van der Waals surface area contributed by atoms with E-state index < -0.39 is 0 Å². The van der Waals surface area contributed by atoms with Crippen molar-refractivity contribution >= 4 is 17.0 Å². The van der Waals surface area contributed by atoms with Gasteiger partial charge < -0.3 is 10.6 Å². The number of anilines is 1. The zero-order valence-electron chi connectivity index (χ0n) is 11.2. The van der Waals surface area contributed by atoms with Crippen LogP contribution in [0.25, 0.3) is 0 Å². The molecule has 1 unspecified atom stereocenters. The van der Waals surface area contributed by atoms with Crippen LogP contribution in [0.4, 0.5) is 5.69 Å². The quantitative estimate of drug-likeness (QED) is 0.911. The van der Waals surface area contributed by atoms with Crippen molar-refractivity contribution in [2.24, 2.45) is 5.73 Å². The van der Waals surface area contributed by atoms with Crippen molar-refractivity contribution < 1.29 is 0 Å². The lowest BCUT2D eigenvalue weighted by molar-refractivity contribution is 0.715. The van der Waals surface area contributed by atoms with Gasteiger partial charge in [0, 0.05) is 24.2 Å². The molecule has 2 N–H and O–H groups in total. The van der Waals surface area contributed by atoms with E-state index in [2.05, 4.69) is 61.5 Å². The van der Waals surface area contributed by atoms with Gasteiger partial charge >= 0.3 is 0 Å². The summed E-state index contributed by atoms with van der Waals surface area (Å²) in [5, 5.41) is 2.08. The average Bonchev–Trinajstić information content (AvgIpc) is 2.80. The van der Waals surface area contributed by atoms with Crippen LogP contribution in [0.2, 0.25) is 0 Å². The third kappa shape index (κ3) is 3.12. The lowest BCUT2D eigenvalue weighted by Crippen LogP contribution is -2.28. The van der Waals surface area contributed by atoms with Gasteiger partial charge in [-0.05, 0) is 48.6 Å². The summed E-state index contributed by atoms with van der Waals surface area (Å²) in [6.45, 7) is 5.09. The van der Waals surface area contributed by atoms with Crippen molar-refractivity contribution in [3.63, 3.8) is 0 Å². The summed E-state index contributed by atoms with van der Waals surface area (Å²) in [4.78, 5) is 3.47. The van der Waals surface area contributed by atoms with Gasteiger partial charge in [0.15, 0.2) is 0 Å². The van der Waals surface area contributed by atoms with E-state index in [1.54, 1.807) is 11.3 Å². The summed E-state index contributed by atoms with van der Waals surface area (Å²) in [6, 6.07) is 10.8. The molecule has 0 saturated heterocycles. The standard InChI is InChI=1S/C15H20N2S/c1-11-7-12(2)9-13(8-11)17(3)10-14(16)15-5-4-6-18-15/h4-9,14H,10,16H2,1-3H3. The minimum absolute atomic E-state index is 0.0795. The number of nitrogens with zero attached hydrogens (tertiary/aromatic N) is 1. The summed E-state index contributed by atoms with van der Waals surface area (Å²) in [6.07, 6.45) is 0. The molecule has 3 heteroatoms. The molecule has 2 aromatic rings. The lowest BCUT2D eigenvalue weighted by atomic mass is 10.1. The van der Waals surface area contributed by atoms with Crippen molar-refractivity contribution in [2.75, 3.05) is 18.5 Å². The Morgan fingerprint density at radius 3 is 2.44 bits per heavy atom. The molecule has 0 radical (unpaired) electrons. The normalized spacial score (nSPS) is 12.4. The highest BCUT2D eigenvalue weighted by Gasteiger charge is 2.11. The summed E-state index contributed by atoms with van der Waals surface area (Å²) in [5.41, 5.74) is 10.0. The SMILES string of the molecule is Cc1cc(C)cc(N(C)CC(N)c2cccs2)c1. The molecule has 1 aromatic carbocycles. The van der Waals surface area contributed by atoms with E-state index in [1.807, 2.05) is 0 Å². The molecule has 0 amide bonds. The van der Waals surface area contributed by atoms with Crippen LogP contribution in [-0.4, -0.2) is 13.6 Å². The Kier molecular flexibility index (Phi) is 4.04. The zero-order valence-corrected chi connectivity index (χ0v) is 12.0. The fourth-order valence-electron chi connectivity index (χ4n) is 2.16. The first-order chi connectivity index (χ1) is 8.56. The van der Waals surface area contributed by atoms with E-state index in [0.717, 1.165) is 6.54 Å². The van der Waals surface area contributed by atoms with E-state index in [9.17, 15) is 0 Å². The zero-order chi connectivity index (χ0) is 13.1. The Bertz CT molecular complexity index is 485. The third-order valence-electron chi connectivity index (χ3n) is 3.03. The first-order valence-electron chi connectivity index (χ1n) is 6.14. The number of aryl methyl sites for hydroxylation is 2. The van der Waals surface area contributed by atoms with E-state index in [1.165, 1.54) is 21.7 Å². The maximum Gasteiger partial charge on any atom is 0.0567 e. The topological polar surface area (TPSA) is 29.3 Å². The fraction of sp³-hybridized carbons (Fsp3) is 0.333. The molecule has 96 valence electrons. The van der Waals surface area contributed by atoms with Crippen LogP contribution in [0.5, 0.6) is 0 Å². The fourth-order valence-corrected chi connectivity index (χ4v) is 2.88. The Balaban J connectivity index is 2.09. The Labute approximate surface area is 113 Å². The second-order valence-electron chi connectivity index (χ2n) is 4.85. The molecule has 2 rings (SSSR count). The summed E-state index contributed by atoms with van der Waals surface area (Å²) >= 11 is 1.72. The number of likely N-dealkylation sites (N-methyl/N-ethyl adjacent to an activating group) is 1. The molecule has 2 nitrogen and oxygen atoms in total. The predicted molar refractivity (Wildman–Crippen MR) is 80.4 cm³/mol. The molecule has 0 aliphatic rings. The van der Waals surface area contributed by atoms with Crippen molar-refractivity contribution in [1.82, 2.24) is 0 Å². The number of nitrogens with two attached hydrogens (primary N) is 1. The van der Waals surface area contributed by atoms with Gasteiger partial charge in [-0.1, -0.05) is 12.1 Å². The van der Waals surface area contributed by atoms with Crippen LogP contribution in [0.3, 0.4) is 0 Å². The van der Waals surface area contributed by atoms with E-state index in [4.69, 9.17) is 5.73 Å². The molecular weight excluding hydrogens is 240 g/mol. The average molecular weight is 260 g/mol. The molecule has 18 heavy (non-hydrogen) atoms. The summed E-state index contributed by atoms with van der Waals surface area (Å²) < 4.78 is 0. The van der Waals surface area contributed by atoms with Crippen molar-refractivity contribution in [2.45, 2.75) is 19.9 Å². The second-order valence-corrected chi connectivity index (χ2v) is 5.83.